The Labute approximate surface area is 167 Å². The summed E-state index contributed by atoms with van der Waals surface area (Å²) in [6.07, 6.45) is 1.46. The summed E-state index contributed by atoms with van der Waals surface area (Å²) in [4.78, 5) is 15.4. The maximum atomic E-state index is 13.4. The molecule has 0 radical (unpaired) electrons. The highest BCUT2D eigenvalue weighted by Crippen LogP contribution is 2.40. The summed E-state index contributed by atoms with van der Waals surface area (Å²) in [5.41, 5.74) is 3.34. The summed E-state index contributed by atoms with van der Waals surface area (Å²) in [6.45, 7) is 4.90. The first kappa shape index (κ1) is 20.1. The predicted octanol–water partition coefficient (Wildman–Crippen LogP) is 3.83. The number of carbonyl (C=O) groups excluding carboxylic acids is 1. The van der Waals surface area contributed by atoms with Crippen LogP contribution in [0.15, 0.2) is 36.4 Å². The summed E-state index contributed by atoms with van der Waals surface area (Å²) < 4.78 is 16.4. The minimum Gasteiger partial charge on any atom is -0.493 e. The highest BCUT2D eigenvalue weighted by atomic mass is 16.5. The van der Waals surface area contributed by atoms with Gasteiger partial charge in [-0.25, -0.2) is 0 Å². The third kappa shape index (κ3) is 3.79. The highest BCUT2D eigenvalue weighted by Gasteiger charge is 2.32. The average molecular weight is 383 g/mol. The van der Waals surface area contributed by atoms with Crippen molar-refractivity contribution in [1.82, 2.24) is 4.90 Å². The molecule has 0 spiro atoms. The maximum Gasteiger partial charge on any atom is 0.230 e. The van der Waals surface area contributed by atoms with E-state index in [-0.39, 0.29) is 17.9 Å². The minimum absolute atomic E-state index is 0.171. The van der Waals surface area contributed by atoms with E-state index in [2.05, 4.69) is 26.0 Å². The lowest BCUT2D eigenvalue weighted by Crippen LogP contribution is -2.40. The number of carbonyl (C=O) groups is 1. The van der Waals surface area contributed by atoms with Crippen LogP contribution in [0, 0.1) is 0 Å². The van der Waals surface area contributed by atoms with Crippen molar-refractivity contribution >= 4 is 5.91 Å². The first-order valence-electron chi connectivity index (χ1n) is 9.67. The summed E-state index contributed by atoms with van der Waals surface area (Å²) in [7, 11) is 4.80. The maximum absolute atomic E-state index is 13.4. The van der Waals surface area contributed by atoms with Gasteiger partial charge in [-0.2, -0.15) is 0 Å². The van der Waals surface area contributed by atoms with Crippen molar-refractivity contribution in [3.63, 3.8) is 0 Å². The third-order valence-electron chi connectivity index (χ3n) is 5.42. The lowest BCUT2D eigenvalue weighted by Gasteiger charge is -2.28. The molecule has 1 atom stereocenters. The van der Waals surface area contributed by atoms with Gasteiger partial charge in [0.2, 0.25) is 11.7 Å². The van der Waals surface area contributed by atoms with Gasteiger partial charge in [0.25, 0.3) is 0 Å². The van der Waals surface area contributed by atoms with Crippen LogP contribution >= 0.6 is 0 Å². The van der Waals surface area contributed by atoms with Crippen LogP contribution < -0.4 is 14.2 Å². The number of hydrogen-bond donors (Lipinski definition) is 0. The minimum atomic E-state index is -0.232. The molecule has 0 saturated carbocycles. The third-order valence-corrected chi connectivity index (χ3v) is 5.42. The Hall–Kier alpha value is -2.69. The molecule has 2 aromatic carbocycles. The van der Waals surface area contributed by atoms with Crippen molar-refractivity contribution < 1.29 is 19.0 Å². The summed E-state index contributed by atoms with van der Waals surface area (Å²) in [5, 5.41) is 0. The molecular formula is C23H29NO4. The van der Waals surface area contributed by atoms with E-state index in [4.69, 9.17) is 14.2 Å². The fourth-order valence-electron chi connectivity index (χ4n) is 3.98. The number of amides is 1. The van der Waals surface area contributed by atoms with Crippen molar-refractivity contribution in [2.75, 3.05) is 27.9 Å². The molecule has 3 rings (SSSR count). The van der Waals surface area contributed by atoms with E-state index in [1.54, 1.807) is 21.3 Å². The number of nitrogens with zero attached hydrogens (tertiary/aromatic N) is 1. The van der Waals surface area contributed by atoms with Gasteiger partial charge >= 0.3 is 0 Å². The molecule has 0 aliphatic carbocycles. The van der Waals surface area contributed by atoms with Gasteiger partial charge in [-0.05, 0) is 55.5 Å². The second-order valence-corrected chi connectivity index (χ2v) is 7.36. The zero-order valence-corrected chi connectivity index (χ0v) is 17.3. The smallest absolute Gasteiger partial charge is 0.230 e. The molecule has 1 heterocycles. The summed E-state index contributed by atoms with van der Waals surface area (Å²) >= 11 is 0. The van der Waals surface area contributed by atoms with E-state index in [9.17, 15) is 4.79 Å². The van der Waals surface area contributed by atoms with Gasteiger partial charge in [-0.15, -0.1) is 0 Å². The quantitative estimate of drug-likeness (QED) is 0.761. The lowest BCUT2D eigenvalue weighted by atomic mass is 9.88. The van der Waals surface area contributed by atoms with E-state index in [0.29, 0.717) is 23.7 Å². The van der Waals surface area contributed by atoms with Gasteiger partial charge in [0, 0.05) is 12.6 Å². The second-order valence-electron chi connectivity index (χ2n) is 7.36. The fraction of sp³-hybridized carbons (Fsp3) is 0.435. The normalized spacial score (nSPS) is 16.6. The molecule has 5 heteroatoms. The molecule has 28 heavy (non-hydrogen) atoms. The Morgan fingerprint density at radius 1 is 1.04 bits per heavy atom. The number of methoxy groups -OCH3 is 3. The van der Waals surface area contributed by atoms with E-state index >= 15 is 0 Å². The first-order valence-corrected chi connectivity index (χ1v) is 9.67. The van der Waals surface area contributed by atoms with Crippen LogP contribution in [0.4, 0.5) is 0 Å². The van der Waals surface area contributed by atoms with Crippen LogP contribution in [0.25, 0.3) is 0 Å². The average Bonchev–Trinajstić information content (AvgIpc) is 2.84. The monoisotopic (exact) mass is 383 g/mol. The molecule has 1 aliphatic rings. The molecule has 0 saturated heterocycles. The molecule has 2 aromatic rings. The Kier molecular flexibility index (Phi) is 6.12. The zero-order valence-electron chi connectivity index (χ0n) is 17.3. The van der Waals surface area contributed by atoms with Crippen LogP contribution in [0.3, 0.4) is 0 Å². The predicted molar refractivity (Wildman–Crippen MR) is 110 cm³/mol. The van der Waals surface area contributed by atoms with Gasteiger partial charge in [0.15, 0.2) is 11.5 Å². The first-order chi connectivity index (χ1) is 13.5. The van der Waals surface area contributed by atoms with Gasteiger partial charge < -0.3 is 19.1 Å². The highest BCUT2D eigenvalue weighted by molar-refractivity contribution is 5.85. The Morgan fingerprint density at radius 3 is 2.25 bits per heavy atom. The number of benzene rings is 2. The van der Waals surface area contributed by atoms with Gasteiger partial charge in [-0.1, -0.05) is 24.3 Å². The Morgan fingerprint density at radius 2 is 1.68 bits per heavy atom. The Balaban J connectivity index is 2.04. The fourth-order valence-corrected chi connectivity index (χ4v) is 3.98. The molecule has 0 N–H and O–H groups in total. The molecular weight excluding hydrogens is 354 g/mol. The van der Waals surface area contributed by atoms with Crippen LogP contribution in [0.1, 0.15) is 36.5 Å². The zero-order chi connectivity index (χ0) is 20.3. The molecule has 0 aromatic heterocycles. The van der Waals surface area contributed by atoms with Crippen molar-refractivity contribution in [3.05, 3.63) is 53.1 Å². The molecule has 0 bridgehead atoms. The summed E-state index contributed by atoms with van der Waals surface area (Å²) in [6, 6.07) is 12.3. The van der Waals surface area contributed by atoms with Crippen LogP contribution in [-0.4, -0.2) is 44.7 Å². The van der Waals surface area contributed by atoms with E-state index in [1.807, 2.05) is 29.2 Å². The number of hydrogen-bond acceptors (Lipinski definition) is 4. The van der Waals surface area contributed by atoms with Gasteiger partial charge in [0.1, 0.15) is 0 Å². The number of ether oxygens (including phenoxy) is 3. The van der Waals surface area contributed by atoms with Crippen molar-refractivity contribution in [3.8, 4) is 17.2 Å². The van der Waals surface area contributed by atoms with Gasteiger partial charge in [0.05, 0.1) is 27.2 Å². The van der Waals surface area contributed by atoms with E-state index in [0.717, 1.165) is 24.1 Å². The molecule has 5 nitrogen and oxygen atoms in total. The number of rotatable bonds is 6. The number of fused-ring (bicyclic) bond motifs is 1. The van der Waals surface area contributed by atoms with Gasteiger partial charge in [-0.3, -0.25) is 4.79 Å². The molecule has 1 unspecified atom stereocenters. The largest absolute Gasteiger partial charge is 0.493 e. The Bertz CT molecular complexity index is 821. The van der Waals surface area contributed by atoms with Crippen LogP contribution in [-0.2, 0) is 17.6 Å². The van der Waals surface area contributed by atoms with Crippen molar-refractivity contribution in [2.24, 2.45) is 0 Å². The topological polar surface area (TPSA) is 48.0 Å². The standard InChI is InChI=1S/C23H29NO4/c1-15(2)24-11-10-17-8-6-7-9-18(17)19(23(24)25)12-16-13-20(26-3)22(28-5)21(14-16)27-4/h6-9,13-15,19H,10-12H2,1-5H3. The summed E-state index contributed by atoms with van der Waals surface area (Å²) in [5.74, 6) is 1.71. The lowest BCUT2D eigenvalue weighted by molar-refractivity contribution is -0.134. The molecule has 1 aliphatic heterocycles. The van der Waals surface area contributed by atoms with Crippen molar-refractivity contribution in [1.29, 1.82) is 0 Å². The van der Waals surface area contributed by atoms with E-state index in [1.165, 1.54) is 5.56 Å². The SMILES string of the molecule is COc1cc(CC2C(=O)N(C(C)C)CCc3ccccc32)cc(OC)c1OC. The molecule has 1 amide bonds. The van der Waals surface area contributed by atoms with E-state index < -0.39 is 0 Å². The molecule has 0 fully saturated rings. The van der Waals surface area contributed by atoms with Crippen LogP contribution in [0.5, 0.6) is 17.2 Å². The van der Waals surface area contributed by atoms with Crippen LogP contribution in [0.2, 0.25) is 0 Å². The molecule has 150 valence electrons. The van der Waals surface area contributed by atoms with Crippen molar-refractivity contribution in [2.45, 2.75) is 38.6 Å². The second kappa shape index (κ2) is 8.55.